The van der Waals surface area contributed by atoms with E-state index in [1.807, 2.05) is 16.8 Å². The monoisotopic (exact) mass is 594 g/mol. The van der Waals surface area contributed by atoms with Gasteiger partial charge in [0.2, 0.25) is 5.91 Å². The Bertz CT molecular complexity index is 1320. The van der Waals surface area contributed by atoms with E-state index in [-0.39, 0.29) is 55.7 Å². The first kappa shape index (κ1) is 32.8. The minimum absolute atomic E-state index is 0. The number of ether oxygens (including phenoxy) is 1. The lowest BCUT2D eigenvalue weighted by Gasteiger charge is -2.20. The summed E-state index contributed by atoms with van der Waals surface area (Å²) in [5, 5.41) is 13.2. The summed E-state index contributed by atoms with van der Waals surface area (Å²) < 4.78 is 5.38. The van der Waals surface area contributed by atoms with E-state index < -0.39 is 11.9 Å². The van der Waals surface area contributed by atoms with Crippen molar-refractivity contribution in [2.45, 2.75) is 19.4 Å². The first-order valence-electron chi connectivity index (χ1n) is 10.8. The van der Waals surface area contributed by atoms with E-state index in [0.29, 0.717) is 28.3 Å². The van der Waals surface area contributed by atoms with E-state index in [2.05, 4.69) is 4.99 Å². The van der Waals surface area contributed by atoms with Gasteiger partial charge in [-0.15, -0.1) is 12.4 Å². The van der Waals surface area contributed by atoms with Crippen LogP contribution in [-0.2, 0) is 32.1 Å². The highest BCUT2D eigenvalue weighted by Crippen LogP contribution is 2.25. The number of thiophene rings is 1. The Labute approximate surface area is 238 Å². The molecule has 0 radical (unpaired) electrons. The minimum Gasteiger partial charge on any atom is -0.480 e. The lowest BCUT2D eigenvalue weighted by atomic mass is 10.1. The number of esters is 1. The quantitative estimate of drug-likeness (QED) is 0.137. The van der Waals surface area contributed by atoms with Gasteiger partial charge in [-0.3, -0.25) is 9.59 Å². The molecule has 3 aromatic rings. The number of guanidine groups is 1. The molecule has 0 bridgehead atoms. The summed E-state index contributed by atoms with van der Waals surface area (Å²) in [6.07, 6.45) is 0.635. The highest BCUT2D eigenvalue weighted by molar-refractivity contribution is 7.07. The molecule has 0 atom stereocenters. The fraction of sp³-hybridized carbons (Fsp3) is 0.160. The lowest BCUT2D eigenvalue weighted by Crippen LogP contribution is -2.35. The zero-order valence-electron chi connectivity index (χ0n) is 20.2. The summed E-state index contributed by atoms with van der Waals surface area (Å²) in [5.41, 5.74) is 13.0. The van der Waals surface area contributed by atoms with Crippen LogP contribution in [0.15, 0.2) is 64.3 Å². The molecule has 0 spiro atoms. The number of aliphatic carboxylic acids is 1. The van der Waals surface area contributed by atoms with Crippen LogP contribution in [0.4, 0.5) is 5.69 Å². The first-order valence-corrected chi connectivity index (χ1v) is 12.1. The highest BCUT2D eigenvalue weighted by Gasteiger charge is 2.18. The molecule has 1 amide bonds. The molecule has 0 saturated heterocycles. The molecule has 0 aliphatic rings. The SMILES string of the molecule is Cl.NC(N)=Nc1ccc(C(=O)Oc2ccc(CCC(=O)N(CC(=O)O)Cc3ccsc3)c(Cl)c2)cc1.O=C=O. The van der Waals surface area contributed by atoms with Crippen molar-refractivity contribution < 1.29 is 33.8 Å². The van der Waals surface area contributed by atoms with Crippen LogP contribution < -0.4 is 16.2 Å². The van der Waals surface area contributed by atoms with Crippen molar-refractivity contribution in [2.75, 3.05) is 6.54 Å². The van der Waals surface area contributed by atoms with Crippen LogP contribution in [0, 0.1) is 0 Å². The van der Waals surface area contributed by atoms with Crippen molar-refractivity contribution in [1.82, 2.24) is 4.90 Å². The molecule has 0 aliphatic heterocycles. The molecule has 0 fully saturated rings. The molecule has 3 rings (SSSR count). The van der Waals surface area contributed by atoms with Gasteiger partial charge in [0.25, 0.3) is 0 Å². The molecule has 1 aromatic heterocycles. The number of amides is 1. The first-order chi connectivity index (χ1) is 18.1. The summed E-state index contributed by atoms with van der Waals surface area (Å²) in [7, 11) is 0. The van der Waals surface area contributed by atoms with E-state index in [9.17, 15) is 14.4 Å². The van der Waals surface area contributed by atoms with Gasteiger partial charge >= 0.3 is 18.1 Å². The normalized spacial score (nSPS) is 9.56. The third-order valence-electron chi connectivity index (χ3n) is 4.84. The van der Waals surface area contributed by atoms with Crippen LogP contribution in [0.5, 0.6) is 5.75 Å². The van der Waals surface area contributed by atoms with Crippen LogP contribution in [-0.4, -0.2) is 46.5 Å². The predicted molar refractivity (Wildman–Crippen MR) is 146 cm³/mol. The average molecular weight is 595 g/mol. The van der Waals surface area contributed by atoms with Gasteiger partial charge < -0.3 is 26.2 Å². The van der Waals surface area contributed by atoms with Gasteiger partial charge in [-0.25, -0.2) is 9.79 Å². The molecule has 2 aromatic carbocycles. The fourth-order valence-electron chi connectivity index (χ4n) is 3.18. The minimum atomic E-state index is -1.08. The number of benzene rings is 2. The van der Waals surface area contributed by atoms with Crippen molar-refractivity contribution in [3.63, 3.8) is 0 Å². The second kappa shape index (κ2) is 16.6. The standard InChI is InChI=1S/C24H23ClN4O5S.CO2.ClH/c25-20-11-19(34-23(33)17-1-5-18(6-2-17)28-24(26)27)7-3-16(20)4-8-21(30)29(13-22(31)32)12-15-9-10-35-14-15;2-1-3;/h1-3,5-7,9-11,14H,4,8,12-13H2,(H,31,32)(H4,26,27,28);;1H. The van der Waals surface area contributed by atoms with Crippen molar-refractivity contribution in [1.29, 1.82) is 0 Å². The molecule has 0 unspecified atom stereocenters. The second-order valence-electron chi connectivity index (χ2n) is 7.58. The van der Waals surface area contributed by atoms with Gasteiger partial charge in [-0.1, -0.05) is 17.7 Å². The largest absolute Gasteiger partial charge is 0.480 e. The Morgan fingerprint density at radius 1 is 1.08 bits per heavy atom. The third kappa shape index (κ3) is 11.4. The van der Waals surface area contributed by atoms with Crippen LogP contribution in [0.25, 0.3) is 0 Å². The number of hydrogen-bond donors (Lipinski definition) is 3. The number of aryl methyl sites for hydroxylation is 1. The van der Waals surface area contributed by atoms with Crippen molar-refractivity contribution in [3.8, 4) is 5.75 Å². The molecular formula is C25H24Cl2N4O7S. The summed E-state index contributed by atoms with van der Waals surface area (Å²) in [4.78, 5) is 57.7. The van der Waals surface area contributed by atoms with Gasteiger partial charge in [0.1, 0.15) is 12.3 Å². The Morgan fingerprint density at radius 2 is 1.74 bits per heavy atom. The molecule has 11 nitrogen and oxygen atoms in total. The number of carboxylic acid groups (broad SMARTS) is 1. The molecule has 206 valence electrons. The lowest BCUT2D eigenvalue weighted by molar-refractivity contribution is -0.191. The summed E-state index contributed by atoms with van der Waals surface area (Å²) >= 11 is 7.82. The molecule has 39 heavy (non-hydrogen) atoms. The van der Waals surface area contributed by atoms with E-state index >= 15 is 0 Å². The summed E-state index contributed by atoms with van der Waals surface area (Å²) in [6.45, 7) is -0.158. The number of carbonyl (C=O) groups excluding carboxylic acids is 4. The van der Waals surface area contributed by atoms with E-state index in [1.165, 1.54) is 34.4 Å². The van der Waals surface area contributed by atoms with Crippen molar-refractivity contribution in [2.24, 2.45) is 16.5 Å². The number of rotatable bonds is 10. The predicted octanol–water partition coefficient (Wildman–Crippen LogP) is 3.41. The van der Waals surface area contributed by atoms with Gasteiger partial charge in [-0.05, 0) is 70.8 Å². The number of nitrogens with zero attached hydrogens (tertiary/aromatic N) is 2. The average Bonchev–Trinajstić information content (AvgIpc) is 3.36. The molecular weight excluding hydrogens is 571 g/mol. The molecule has 0 aliphatic carbocycles. The van der Waals surface area contributed by atoms with Gasteiger partial charge in [0, 0.05) is 18.0 Å². The zero-order valence-corrected chi connectivity index (χ0v) is 22.6. The van der Waals surface area contributed by atoms with Gasteiger partial charge in [-0.2, -0.15) is 20.9 Å². The number of halogens is 2. The Balaban J connectivity index is 0.00000181. The summed E-state index contributed by atoms with van der Waals surface area (Å²) in [5.74, 6) is -1.81. The van der Waals surface area contributed by atoms with Crippen LogP contribution in [0.1, 0.15) is 27.9 Å². The topological polar surface area (TPSA) is 182 Å². The molecule has 5 N–H and O–H groups in total. The van der Waals surface area contributed by atoms with Crippen LogP contribution in [0.2, 0.25) is 5.02 Å². The maximum absolute atomic E-state index is 12.7. The molecule has 14 heteroatoms. The number of aliphatic imine (C=N–C) groups is 1. The number of hydrogen-bond acceptors (Lipinski definition) is 8. The van der Waals surface area contributed by atoms with Crippen molar-refractivity contribution >= 4 is 71.0 Å². The maximum Gasteiger partial charge on any atom is 0.373 e. The second-order valence-corrected chi connectivity index (χ2v) is 8.77. The maximum atomic E-state index is 12.7. The third-order valence-corrected chi connectivity index (χ3v) is 5.92. The van der Waals surface area contributed by atoms with E-state index in [4.69, 9.17) is 42.5 Å². The van der Waals surface area contributed by atoms with Crippen LogP contribution >= 0.6 is 35.3 Å². The highest BCUT2D eigenvalue weighted by atomic mass is 35.5. The smallest absolute Gasteiger partial charge is 0.373 e. The summed E-state index contributed by atoms with van der Waals surface area (Å²) in [6, 6.07) is 12.8. The zero-order chi connectivity index (χ0) is 28.1. The Hall–Kier alpha value is -4.22. The molecule has 1 heterocycles. The number of carbonyl (C=O) groups is 3. The van der Waals surface area contributed by atoms with Gasteiger partial charge in [0.05, 0.1) is 11.3 Å². The fourth-order valence-corrected chi connectivity index (χ4v) is 4.10. The number of carboxylic acids is 1. The van der Waals surface area contributed by atoms with Gasteiger partial charge in [0.15, 0.2) is 5.96 Å². The Kier molecular flexibility index (Phi) is 14.0. The number of nitrogens with two attached hydrogens (primary N) is 2. The van der Waals surface area contributed by atoms with Crippen LogP contribution in [0.3, 0.4) is 0 Å². The van der Waals surface area contributed by atoms with E-state index in [0.717, 1.165) is 5.56 Å². The van der Waals surface area contributed by atoms with Crippen molar-refractivity contribution in [3.05, 3.63) is 81.0 Å². The Morgan fingerprint density at radius 3 is 2.28 bits per heavy atom. The van der Waals surface area contributed by atoms with E-state index in [1.54, 1.807) is 24.3 Å². The molecule has 0 saturated carbocycles.